The van der Waals surface area contributed by atoms with Crippen LogP contribution in [0.1, 0.15) is 18.7 Å². The highest BCUT2D eigenvalue weighted by Gasteiger charge is 2.17. The number of anilines is 2. The molecule has 2 aromatic rings. The fourth-order valence-electron chi connectivity index (χ4n) is 2.26. The summed E-state index contributed by atoms with van der Waals surface area (Å²) < 4.78 is 1.73. The minimum Gasteiger partial charge on any atom is -0.385 e. The van der Waals surface area contributed by atoms with Crippen LogP contribution in [0.25, 0.3) is 0 Å². The summed E-state index contributed by atoms with van der Waals surface area (Å²) in [4.78, 5) is 34.8. The fourth-order valence-corrected chi connectivity index (χ4v) is 2.26. The first kappa shape index (κ1) is 18.2. The minimum absolute atomic E-state index is 0.0873. The Balaban J connectivity index is 1.89. The van der Waals surface area contributed by atoms with Crippen molar-refractivity contribution in [2.24, 2.45) is 7.05 Å². The number of benzene rings is 1. The smallest absolute Gasteiger partial charge is 0.313 e. The lowest BCUT2D eigenvalue weighted by Crippen LogP contribution is -2.37. The van der Waals surface area contributed by atoms with Crippen LogP contribution in [0.3, 0.4) is 0 Å². The largest absolute Gasteiger partial charge is 0.385 e. The zero-order chi connectivity index (χ0) is 18.4. The predicted octanol–water partition coefficient (Wildman–Crippen LogP) is 0.772. The van der Waals surface area contributed by atoms with E-state index >= 15 is 0 Å². The molecule has 4 N–H and O–H groups in total. The number of carbonyl (C=O) groups is 3. The Morgan fingerprint density at radius 2 is 1.76 bits per heavy atom. The summed E-state index contributed by atoms with van der Waals surface area (Å²) >= 11 is 0. The van der Waals surface area contributed by atoms with Crippen LogP contribution in [0.2, 0.25) is 0 Å². The van der Waals surface area contributed by atoms with E-state index in [1.165, 1.54) is 13.0 Å². The third-order valence-electron chi connectivity index (χ3n) is 3.43. The first-order valence-corrected chi connectivity index (χ1v) is 7.63. The quantitative estimate of drug-likeness (QED) is 0.600. The first-order chi connectivity index (χ1) is 11.9. The molecule has 0 bridgehead atoms. The predicted molar refractivity (Wildman–Crippen MR) is 92.8 cm³/mol. The Bertz CT molecular complexity index is 784. The lowest BCUT2D eigenvalue weighted by atomic mass is 10.2. The normalized spacial score (nSPS) is 11.5. The van der Waals surface area contributed by atoms with Gasteiger partial charge < -0.3 is 25.6 Å². The molecule has 0 saturated carbocycles. The molecule has 0 spiro atoms. The van der Waals surface area contributed by atoms with E-state index in [2.05, 4.69) is 16.0 Å². The van der Waals surface area contributed by atoms with Gasteiger partial charge in [0.2, 0.25) is 5.91 Å². The Labute approximate surface area is 144 Å². The van der Waals surface area contributed by atoms with Crippen LogP contribution in [-0.4, -0.2) is 33.9 Å². The Kier molecular flexibility index (Phi) is 5.91. The maximum absolute atomic E-state index is 11.9. The molecule has 0 radical (unpaired) electrons. The van der Waals surface area contributed by atoms with Crippen molar-refractivity contribution in [1.82, 2.24) is 9.88 Å². The van der Waals surface area contributed by atoms with E-state index in [1.54, 1.807) is 48.1 Å². The summed E-state index contributed by atoms with van der Waals surface area (Å²) in [6.45, 7) is 1.28. The number of amides is 3. The van der Waals surface area contributed by atoms with Crippen LogP contribution in [0.4, 0.5) is 11.4 Å². The van der Waals surface area contributed by atoms with Gasteiger partial charge >= 0.3 is 11.8 Å². The number of carbonyl (C=O) groups excluding carboxylic acids is 3. The van der Waals surface area contributed by atoms with E-state index < -0.39 is 17.9 Å². The molecule has 8 nitrogen and oxygen atoms in total. The molecule has 1 unspecified atom stereocenters. The number of hydrogen-bond acceptors (Lipinski definition) is 4. The number of aromatic nitrogens is 1. The van der Waals surface area contributed by atoms with Gasteiger partial charge in [0.15, 0.2) is 0 Å². The van der Waals surface area contributed by atoms with Gasteiger partial charge in [0.1, 0.15) is 6.10 Å². The SMILES string of the molecule is CC(=O)Nc1cccc(NC(=O)C(=O)NCC(O)c2cccn2C)c1. The zero-order valence-corrected chi connectivity index (χ0v) is 13.9. The standard InChI is InChI=1S/C17H20N4O4/c1-11(22)19-12-5-3-6-13(9-12)20-17(25)16(24)18-10-15(23)14-7-4-8-21(14)2/h3-9,15,23H,10H2,1-2H3,(H,18,24)(H,19,22)(H,20,25). The average Bonchev–Trinajstić information content (AvgIpc) is 2.98. The molecule has 3 amide bonds. The van der Waals surface area contributed by atoms with Crippen molar-refractivity contribution in [3.63, 3.8) is 0 Å². The summed E-state index contributed by atoms with van der Waals surface area (Å²) in [5, 5.41) is 17.4. The molecule has 2 rings (SSSR count). The summed E-state index contributed by atoms with van der Waals surface area (Å²) in [7, 11) is 1.77. The number of rotatable bonds is 5. The molecule has 8 heteroatoms. The molecular formula is C17H20N4O4. The molecule has 0 aliphatic carbocycles. The van der Waals surface area contributed by atoms with Crippen LogP contribution >= 0.6 is 0 Å². The molecule has 1 aromatic carbocycles. The zero-order valence-electron chi connectivity index (χ0n) is 13.9. The van der Waals surface area contributed by atoms with Crippen molar-refractivity contribution in [2.75, 3.05) is 17.2 Å². The van der Waals surface area contributed by atoms with Gasteiger partial charge in [0.25, 0.3) is 0 Å². The molecule has 0 aliphatic rings. The van der Waals surface area contributed by atoms with Crippen LogP contribution in [-0.2, 0) is 21.4 Å². The second kappa shape index (κ2) is 8.11. The van der Waals surface area contributed by atoms with E-state index in [-0.39, 0.29) is 12.5 Å². The first-order valence-electron chi connectivity index (χ1n) is 7.63. The molecule has 1 atom stereocenters. The van der Waals surface area contributed by atoms with E-state index in [4.69, 9.17) is 0 Å². The van der Waals surface area contributed by atoms with Gasteiger partial charge in [0.05, 0.1) is 0 Å². The van der Waals surface area contributed by atoms with Crippen LogP contribution < -0.4 is 16.0 Å². The van der Waals surface area contributed by atoms with Gasteiger partial charge in [-0.1, -0.05) is 6.07 Å². The van der Waals surface area contributed by atoms with Crippen molar-refractivity contribution < 1.29 is 19.5 Å². The van der Waals surface area contributed by atoms with E-state index in [9.17, 15) is 19.5 Å². The van der Waals surface area contributed by atoms with Crippen molar-refractivity contribution in [2.45, 2.75) is 13.0 Å². The average molecular weight is 344 g/mol. The molecule has 0 saturated heterocycles. The van der Waals surface area contributed by atoms with Crippen molar-refractivity contribution in [1.29, 1.82) is 0 Å². The highest BCUT2D eigenvalue weighted by atomic mass is 16.3. The van der Waals surface area contributed by atoms with E-state index in [1.807, 2.05) is 0 Å². The third kappa shape index (κ3) is 5.18. The van der Waals surface area contributed by atoms with Gasteiger partial charge in [-0.3, -0.25) is 14.4 Å². The fraction of sp³-hybridized carbons (Fsp3) is 0.235. The maximum atomic E-state index is 11.9. The van der Waals surface area contributed by atoms with Gasteiger partial charge in [-0.2, -0.15) is 0 Å². The summed E-state index contributed by atoms with van der Waals surface area (Å²) in [6, 6.07) is 9.92. The molecule has 132 valence electrons. The molecule has 0 aliphatic heterocycles. The number of hydrogen-bond donors (Lipinski definition) is 4. The Hall–Kier alpha value is -3.13. The van der Waals surface area contributed by atoms with Crippen LogP contribution in [0.15, 0.2) is 42.6 Å². The lowest BCUT2D eigenvalue weighted by Gasteiger charge is -2.13. The third-order valence-corrected chi connectivity index (χ3v) is 3.43. The maximum Gasteiger partial charge on any atom is 0.313 e. The van der Waals surface area contributed by atoms with Gasteiger partial charge in [-0.25, -0.2) is 0 Å². The second-order valence-electron chi connectivity index (χ2n) is 5.49. The molecule has 1 aromatic heterocycles. The highest BCUT2D eigenvalue weighted by Crippen LogP contribution is 2.15. The summed E-state index contributed by atoms with van der Waals surface area (Å²) in [5.74, 6) is -1.96. The highest BCUT2D eigenvalue weighted by molar-refractivity contribution is 6.39. The monoisotopic (exact) mass is 344 g/mol. The van der Waals surface area contributed by atoms with Crippen LogP contribution in [0, 0.1) is 0 Å². The molecule has 1 heterocycles. The lowest BCUT2D eigenvalue weighted by molar-refractivity contribution is -0.136. The van der Waals surface area contributed by atoms with Crippen molar-refractivity contribution in [3.05, 3.63) is 48.3 Å². The number of nitrogens with one attached hydrogen (secondary N) is 3. The van der Waals surface area contributed by atoms with Gasteiger partial charge in [0, 0.05) is 43.8 Å². The molecular weight excluding hydrogens is 324 g/mol. The Morgan fingerprint density at radius 1 is 1.08 bits per heavy atom. The number of aliphatic hydroxyl groups excluding tert-OH is 1. The number of aliphatic hydroxyl groups is 1. The molecule has 25 heavy (non-hydrogen) atoms. The number of aryl methyl sites for hydroxylation is 1. The molecule has 0 fully saturated rings. The summed E-state index contributed by atoms with van der Waals surface area (Å²) in [5.41, 5.74) is 1.50. The summed E-state index contributed by atoms with van der Waals surface area (Å²) in [6.07, 6.45) is 0.856. The van der Waals surface area contributed by atoms with Gasteiger partial charge in [-0.15, -0.1) is 0 Å². The van der Waals surface area contributed by atoms with E-state index in [0.29, 0.717) is 17.1 Å². The number of nitrogens with zero attached hydrogens (tertiary/aromatic N) is 1. The second-order valence-corrected chi connectivity index (χ2v) is 5.49. The van der Waals surface area contributed by atoms with Gasteiger partial charge in [-0.05, 0) is 30.3 Å². The van der Waals surface area contributed by atoms with E-state index in [0.717, 1.165) is 0 Å². The van der Waals surface area contributed by atoms with Crippen molar-refractivity contribution >= 4 is 29.1 Å². The topological polar surface area (TPSA) is 112 Å². The van der Waals surface area contributed by atoms with Crippen LogP contribution in [0.5, 0.6) is 0 Å². The van der Waals surface area contributed by atoms with Crippen molar-refractivity contribution in [3.8, 4) is 0 Å². The minimum atomic E-state index is -0.917. The Morgan fingerprint density at radius 3 is 2.36 bits per heavy atom.